The second kappa shape index (κ2) is 7.83. The highest BCUT2D eigenvalue weighted by atomic mass is 16.1. The third-order valence-corrected chi connectivity index (χ3v) is 4.07. The zero-order valence-corrected chi connectivity index (χ0v) is 14.8. The van der Waals surface area contributed by atoms with Crippen molar-refractivity contribution in [3.63, 3.8) is 0 Å². The van der Waals surface area contributed by atoms with Gasteiger partial charge in [-0.1, -0.05) is 39.8 Å². The summed E-state index contributed by atoms with van der Waals surface area (Å²) in [6.45, 7) is 9.13. The van der Waals surface area contributed by atoms with Gasteiger partial charge in [0.2, 0.25) is 0 Å². The minimum atomic E-state index is -0.204. The summed E-state index contributed by atoms with van der Waals surface area (Å²) >= 11 is 0. The Labute approximate surface area is 144 Å². The van der Waals surface area contributed by atoms with Crippen LogP contribution in [0.15, 0.2) is 36.5 Å². The summed E-state index contributed by atoms with van der Waals surface area (Å²) in [7, 11) is 0. The van der Waals surface area contributed by atoms with Gasteiger partial charge in [0.05, 0.1) is 5.56 Å². The summed E-state index contributed by atoms with van der Waals surface area (Å²) < 4.78 is 1.79. The maximum Gasteiger partial charge on any atom is 0.269 e. The van der Waals surface area contributed by atoms with Crippen LogP contribution in [-0.2, 0) is 0 Å². The lowest BCUT2D eigenvalue weighted by atomic mass is 10.0. The van der Waals surface area contributed by atoms with Crippen molar-refractivity contribution in [1.82, 2.24) is 9.88 Å². The monoisotopic (exact) mass is 323 g/mol. The largest absolute Gasteiger partial charge is 0.351 e. The quantitative estimate of drug-likeness (QED) is 0.864. The number of nitrogens with one attached hydrogen (secondary N) is 1. The highest BCUT2D eigenvalue weighted by Gasteiger charge is 2.18. The van der Waals surface area contributed by atoms with Crippen molar-refractivity contribution < 1.29 is 4.79 Å². The lowest BCUT2D eigenvalue weighted by molar-refractivity contribution is 0.0945. The molecule has 0 saturated heterocycles. The second-order valence-corrected chi connectivity index (χ2v) is 6.74. The summed E-state index contributed by atoms with van der Waals surface area (Å²) in [4.78, 5) is 12.6. The van der Waals surface area contributed by atoms with Crippen molar-refractivity contribution in [3.05, 3.63) is 53.3 Å². The van der Waals surface area contributed by atoms with Gasteiger partial charge < -0.3 is 9.88 Å². The summed E-state index contributed by atoms with van der Waals surface area (Å²) in [5, 5.41) is 12.2. The van der Waals surface area contributed by atoms with Gasteiger partial charge in [-0.3, -0.25) is 4.79 Å². The maximum absolute atomic E-state index is 12.6. The number of hydrogen-bond acceptors (Lipinski definition) is 2. The zero-order valence-electron chi connectivity index (χ0n) is 14.8. The first kappa shape index (κ1) is 17.8. The summed E-state index contributed by atoms with van der Waals surface area (Å²) in [5.74, 6) is 0.776. The minimum absolute atomic E-state index is 0.204. The van der Waals surface area contributed by atoms with Gasteiger partial charge in [-0.2, -0.15) is 5.26 Å². The molecule has 126 valence electrons. The van der Waals surface area contributed by atoms with E-state index in [2.05, 4.69) is 51.2 Å². The molecule has 0 bridgehead atoms. The topological polar surface area (TPSA) is 57.8 Å². The van der Waals surface area contributed by atoms with Crippen molar-refractivity contribution in [2.45, 2.75) is 40.0 Å². The first-order valence-corrected chi connectivity index (χ1v) is 8.44. The minimum Gasteiger partial charge on any atom is -0.351 e. The molecule has 0 aliphatic heterocycles. The first-order chi connectivity index (χ1) is 11.4. The van der Waals surface area contributed by atoms with E-state index in [4.69, 9.17) is 0 Å². The number of carbonyl (C=O) groups excluding carboxylic acids is 1. The molecule has 1 aromatic carbocycles. The van der Waals surface area contributed by atoms with Gasteiger partial charge in [-0.05, 0) is 42.0 Å². The van der Waals surface area contributed by atoms with Gasteiger partial charge >= 0.3 is 0 Å². The summed E-state index contributed by atoms with van der Waals surface area (Å²) in [6, 6.07) is 11.9. The van der Waals surface area contributed by atoms with Crippen LogP contribution >= 0.6 is 0 Å². The van der Waals surface area contributed by atoms with E-state index in [1.54, 1.807) is 16.8 Å². The Morgan fingerprint density at radius 2 is 1.83 bits per heavy atom. The molecule has 0 aliphatic carbocycles. The van der Waals surface area contributed by atoms with Crippen molar-refractivity contribution in [2.24, 2.45) is 5.92 Å². The molecule has 0 radical (unpaired) electrons. The Kier molecular flexibility index (Phi) is 5.81. The SMILES string of the molecule is CC(C)CCNC(=O)c1c(C#N)ccn1-c1ccc(C(C)C)cc1. The van der Waals surface area contributed by atoms with E-state index < -0.39 is 0 Å². The van der Waals surface area contributed by atoms with Gasteiger partial charge in [-0.25, -0.2) is 0 Å². The predicted molar refractivity (Wildman–Crippen MR) is 96.4 cm³/mol. The number of benzene rings is 1. The number of nitrogens with zero attached hydrogens (tertiary/aromatic N) is 2. The number of rotatable bonds is 6. The standard InChI is InChI=1S/C20H25N3O/c1-14(2)9-11-22-20(24)19-17(13-21)10-12-23(19)18-7-5-16(6-8-18)15(3)4/h5-8,10,12,14-15H,9,11H2,1-4H3,(H,22,24). The molecular formula is C20H25N3O. The number of nitriles is 1. The van der Waals surface area contributed by atoms with E-state index in [1.807, 2.05) is 12.1 Å². The van der Waals surface area contributed by atoms with E-state index in [0.717, 1.165) is 12.1 Å². The Bertz CT molecular complexity index is 733. The molecule has 2 rings (SSSR count). The molecule has 1 N–H and O–H groups in total. The first-order valence-electron chi connectivity index (χ1n) is 8.44. The maximum atomic E-state index is 12.6. The fourth-order valence-electron chi connectivity index (χ4n) is 2.55. The highest BCUT2D eigenvalue weighted by molar-refractivity contribution is 5.95. The van der Waals surface area contributed by atoms with Crippen LogP contribution in [0.1, 0.15) is 61.6 Å². The van der Waals surface area contributed by atoms with Crippen LogP contribution in [-0.4, -0.2) is 17.0 Å². The lowest BCUT2D eigenvalue weighted by Crippen LogP contribution is -2.28. The molecular weight excluding hydrogens is 298 g/mol. The lowest BCUT2D eigenvalue weighted by Gasteiger charge is -2.12. The average molecular weight is 323 g/mol. The molecule has 0 fully saturated rings. The van der Waals surface area contributed by atoms with Crippen LogP contribution < -0.4 is 5.32 Å². The Morgan fingerprint density at radius 1 is 1.17 bits per heavy atom. The predicted octanol–water partition coefficient (Wildman–Crippen LogP) is 4.25. The molecule has 2 aromatic rings. The summed E-state index contributed by atoms with van der Waals surface area (Å²) in [6.07, 6.45) is 2.69. The molecule has 4 heteroatoms. The van der Waals surface area contributed by atoms with Gasteiger partial charge in [0.25, 0.3) is 5.91 Å². The van der Waals surface area contributed by atoms with Gasteiger partial charge in [0.15, 0.2) is 0 Å². The van der Waals surface area contributed by atoms with Crippen LogP contribution in [0.2, 0.25) is 0 Å². The highest BCUT2D eigenvalue weighted by Crippen LogP contribution is 2.20. The third kappa shape index (κ3) is 4.05. The number of aromatic nitrogens is 1. The van der Waals surface area contributed by atoms with E-state index >= 15 is 0 Å². The van der Waals surface area contributed by atoms with Crippen LogP contribution in [0, 0.1) is 17.2 Å². The average Bonchev–Trinajstić information content (AvgIpc) is 2.98. The van der Waals surface area contributed by atoms with Crippen molar-refractivity contribution >= 4 is 5.91 Å². The molecule has 1 heterocycles. The molecule has 0 unspecified atom stereocenters. The molecule has 0 spiro atoms. The Morgan fingerprint density at radius 3 is 2.38 bits per heavy atom. The Balaban J connectivity index is 2.30. The molecule has 1 aromatic heterocycles. The van der Waals surface area contributed by atoms with E-state index in [1.165, 1.54) is 5.56 Å². The van der Waals surface area contributed by atoms with Crippen molar-refractivity contribution in [3.8, 4) is 11.8 Å². The van der Waals surface area contributed by atoms with E-state index in [0.29, 0.717) is 29.6 Å². The van der Waals surface area contributed by atoms with Crippen LogP contribution in [0.25, 0.3) is 5.69 Å². The molecule has 1 amide bonds. The van der Waals surface area contributed by atoms with Crippen LogP contribution in [0.3, 0.4) is 0 Å². The number of amides is 1. The fourth-order valence-corrected chi connectivity index (χ4v) is 2.55. The van der Waals surface area contributed by atoms with Crippen molar-refractivity contribution in [1.29, 1.82) is 5.26 Å². The van der Waals surface area contributed by atoms with E-state index in [-0.39, 0.29) is 5.91 Å². The van der Waals surface area contributed by atoms with Gasteiger partial charge in [0, 0.05) is 18.4 Å². The fraction of sp³-hybridized carbons (Fsp3) is 0.400. The van der Waals surface area contributed by atoms with Gasteiger partial charge in [-0.15, -0.1) is 0 Å². The summed E-state index contributed by atoms with van der Waals surface area (Å²) in [5.41, 5.74) is 2.92. The molecule has 24 heavy (non-hydrogen) atoms. The van der Waals surface area contributed by atoms with Gasteiger partial charge in [0.1, 0.15) is 11.8 Å². The number of hydrogen-bond donors (Lipinski definition) is 1. The van der Waals surface area contributed by atoms with Crippen LogP contribution in [0.4, 0.5) is 0 Å². The van der Waals surface area contributed by atoms with Crippen molar-refractivity contribution in [2.75, 3.05) is 6.54 Å². The smallest absolute Gasteiger partial charge is 0.269 e. The Hall–Kier alpha value is -2.54. The second-order valence-electron chi connectivity index (χ2n) is 6.74. The molecule has 0 aliphatic rings. The molecule has 4 nitrogen and oxygen atoms in total. The molecule has 0 saturated carbocycles. The zero-order chi connectivity index (χ0) is 17.7. The third-order valence-electron chi connectivity index (χ3n) is 4.07. The van der Waals surface area contributed by atoms with E-state index in [9.17, 15) is 10.1 Å². The van der Waals surface area contributed by atoms with Crippen LogP contribution in [0.5, 0.6) is 0 Å². The molecule has 0 atom stereocenters. The normalized spacial score (nSPS) is 10.9. The number of carbonyl (C=O) groups is 1.